The molecule has 0 bridgehead atoms. The molecule has 2 rings (SSSR count). The standard InChI is InChI=1S/C20H27F3N4O/c1-2-24-19(26-10-5-11-27-12-14-28-15-13-27)25-9-4-7-17-6-3-8-18(16-17)20(21,22)23/h3,6,8,16H,2,5,9-15H2,1H3,(H2,24,25,26). The molecule has 0 aromatic heterocycles. The summed E-state index contributed by atoms with van der Waals surface area (Å²) in [6.07, 6.45) is -3.41. The molecule has 28 heavy (non-hydrogen) atoms. The molecular weight excluding hydrogens is 369 g/mol. The van der Waals surface area contributed by atoms with Crippen LogP contribution in [0.3, 0.4) is 0 Å². The van der Waals surface area contributed by atoms with Gasteiger partial charge in [-0.15, -0.1) is 0 Å². The molecule has 1 fully saturated rings. The monoisotopic (exact) mass is 396 g/mol. The molecule has 1 heterocycles. The lowest BCUT2D eigenvalue weighted by Crippen LogP contribution is -2.38. The Bertz CT molecular complexity index is 689. The van der Waals surface area contributed by atoms with E-state index in [0.29, 0.717) is 24.6 Å². The lowest BCUT2D eigenvalue weighted by atomic mass is 10.1. The predicted molar refractivity (Wildman–Crippen MR) is 104 cm³/mol. The van der Waals surface area contributed by atoms with E-state index < -0.39 is 11.7 Å². The van der Waals surface area contributed by atoms with Crippen molar-refractivity contribution in [3.8, 4) is 11.8 Å². The lowest BCUT2D eigenvalue weighted by molar-refractivity contribution is -0.137. The number of guanidine groups is 1. The Hall–Kier alpha value is -2.24. The first kappa shape index (κ1) is 22.1. The van der Waals surface area contributed by atoms with Gasteiger partial charge >= 0.3 is 6.18 Å². The van der Waals surface area contributed by atoms with E-state index in [1.54, 1.807) is 6.07 Å². The van der Waals surface area contributed by atoms with Crippen LogP contribution in [0.4, 0.5) is 13.2 Å². The zero-order chi connectivity index (χ0) is 20.2. The molecule has 0 radical (unpaired) electrons. The number of ether oxygens (including phenoxy) is 1. The highest BCUT2D eigenvalue weighted by molar-refractivity contribution is 5.80. The molecule has 154 valence electrons. The van der Waals surface area contributed by atoms with Gasteiger partial charge in [0, 0.05) is 38.3 Å². The second-order valence-electron chi connectivity index (χ2n) is 6.30. The second kappa shape index (κ2) is 11.6. The minimum atomic E-state index is -4.36. The zero-order valence-electron chi connectivity index (χ0n) is 16.1. The lowest BCUT2D eigenvalue weighted by Gasteiger charge is -2.26. The van der Waals surface area contributed by atoms with E-state index in [0.717, 1.165) is 57.9 Å². The molecule has 0 spiro atoms. The minimum Gasteiger partial charge on any atom is -0.379 e. The van der Waals surface area contributed by atoms with Crippen LogP contribution in [0.15, 0.2) is 29.3 Å². The predicted octanol–water partition coefficient (Wildman–Crippen LogP) is 2.33. The molecule has 0 unspecified atom stereocenters. The molecule has 1 aliphatic heterocycles. The number of morpholine rings is 1. The van der Waals surface area contributed by atoms with Crippen molar-refractivity contribution in [3.63, 3.8) is 0 Å². The molecule has 1 aliphatic rings. The Kier molecular flexibility index (Phi) is 9.11. The van der Waals surface area contributed by atoms with Gasteiger partial charge < -0.3 is 15.4 Å². The minimum absolute atomic E-state index is 0.297. The van der Waals surface area contributed by atoms with Gasteiger partial charge in [0.2, 0.25) is 0 Å². The summed E-state index contributed by atoms with van der Waals surface area (Å²) in [6, 6.07) is 5.02. The molecule has 8 heteroatoms. The molecule has 0 amide bonds. The Morgan fingerprint density at radius 2 is 2.04 bits per heavy atom. The second-order valence-corrected chi connectivity index (χ2v) is 6.30. The van der Waals surface area contributed by atoms with Crippen LogP contribution in [0.25, 0.3) is 0 Å². The normalized spacial score (nSPS) is 15.6. The van der Waals surface area contributed by atoms with Crippen LogP contribution >= 0.6 is 0 Å². The van der Waals surface area contributed by atoms with Crippen molar-refractivity contribution in [2.24, 2.45) is 4.99 Å². The topological polar surface area (TPSA) is 48.9 Å². The maximum atomic E-state index is 12.7. The third-order valence-electron chi connectivity index (χ3n) is 4.12. The van der Waals surface area contributed by atoms with E-state index in [9.17, 15) is 13.2 Å². The largest absolute Gasteiger partial charge is 0.416 e. The van der Waals surface area contributed by atoms with Gasteiger partial charge in [-0.25, -0.2) is 0 Å². The van der Waals surface area contributed by atoms with E-state index >= 15 is 0 Å². The molecule has 1 aromatic carbocycles. The summed E-state index contributed by atoms with van der Waals surface area (Å²) in [6.45, 7) is 8.17. The first-order valence-corrected chi connectivity index (χ1v) is 9.47. The summed E-state index contributed by atoms with van der Waals surface area (Å²) in [5, 5.41) is 6.22. The number of rotatable bonds is 6. The van der Waals surface area contributed by atoms with Crippen molar-refractivity contribution in [3.05, 3.63) is 35.4 Å². The fourth-order valence-electron chi connectivity index (χ4n) is 2.70. The van der Waals surface area contributed by atoms with Crippen molar-refractivity contribution in [2.75, 3.05) is 52.5 Å². The van der Waals surface area contributed by atoms with E-state index in [-0.39, 0.29) is 0 Å². The highest BCUT2D eigenvalue weighted by Gasteiger charge is 2.30. The van der Waals surface area contributed by atoms with Crippen molar-refractivity contribution < 1.29 is 17.9 Å². The fourth-order valence-corrected chi connectivity index (χ4v) is 2.70. The summed E-state index contributed by atoms with van der Waals surface area (Å²) < 4.78 is 43.5. The van der Waals surface area contributed by atoms with Crippen LogP contribution in [0.5, 0.6) is 0 Å². The molecule has 0 saturated carbocycles. The van der Waals surface area contributed by atoms with Gasteiger partial charge in [0.05, 0.1) is 25.3 Å². The van der Waals surface area contributed by atoms with Crippen molar-refractivity contribution in [1.29, 1.82) is 0 Å². The van der Waals surface area contributed by atoms with Crippen LogP contribution in [0.2, 0.25) is 0 Å². The molecule has 5 nitrogen and oxygen atoms in total. The quantitative estimate of drug-likeness (QED) is 0.335. The Morgan fingerprint density at radius 1 is 1.25 bits per heavy atom. The summed E-state index contributed by atoms with van der Waals surface area (Å²) in [4.78, 5) is 6.87. The maximum absolute atomic E-state index is 12.7. The number of aliphatic imine (C=N–C) groups is 1. The number of nitrogens with zero attached hydrogens (tertiary/aromatic N) is 2. The van der Waals surface area contributed by atoms with Crippen LogP contribution in [0.1, 0.15) is 24.5 Å². The van der Waals surface area contributed by atoms with Gasteiger partial charge in [-0.05, 0) is 31.5 Å². The van der Waals surface area contributed by atoms with Crippen LogP contribution in [-0.2, 0) is 10.9 Å². The van der Waals surface area contributed by atoms with E-state index in [2.05, 4.69) is 32.4 Å². The van der Waals surface area contributed by atoms with Crippen molar-refractivity contribution in [1.82, 2.24) is 15.5 Å². The third-order valence-corrected chi connectivity index (χ3v) is 4.12. The summed E-state index contributed by atoms with van der Waals surface area (Å²) in [5.74, 6) is 6.25. The first-order valence-electron chi connectivity index (χ1n) is 9.47. The van der Waals surface area contributed by atoms with Crippen LogP contribution in [0, 0.1) is 11.8 Å². The van der Waals surface area contributed by atoms with Gasteiger partial charge in [0.25, 0.3) is 0 Å². The molecule has 0 atom stereocenters. The Balaban J connectivity index is 1.79. The third kappa shape index (κ3) is 8.19. The van der Waals surface area contributed by atoms with E-state index in [1.165, 1.54) is 6.07 Å². The first-order chi connectivity index (χ1) is 13.5. The van der Waals surface area contributed by atoms with Gasteiger partial charge in [-0.1, -0.05) is 17.9 Å². The molecule has 0 aliphatic carbocycles. The zero-order valence-corrected chi connectivity index (χ0v) is 16.1. The van der Waals surface area contributed by atoms with Crippen molar-refractivity contribution in [2.45, 2.75) is 19.5 Å². The average molecular weight is 396 g/mol. The number of halogens is 3. The van der Waals surface area contributed by atoms with Gasteiger partial charge in [0.1, 0.15) is 0 Å². The SMILES string of the molecule is CCNC(=NCCCN1CCOCC1)NCC#Cc1cccc(C(F)(F)F)c1. The smallest absolute Gasteiger partial charge is 0.379 e. The summed E-state index contributed by atoms with van der Waals surface area (Å²) in [7, 11) is 0. The van der Waals surface area contributed by atoms with Gasteiger partial charge in [-0.2, -0.15) is 13.2 Å². The number of benzene rings is 1. The molecule has 2 N–H and O–H groups in total. The van der Waals surface area contributed by atoms with Crippen molar-refractivity contribution >= 4 is 5.96 Å². The molecule has 1 aromatic rings. The highest BCUT2D eigenvalue weighted by Crippen LogP contribution is 2.29. The highest BCUT2D eigenvalue weighted by atomic mass is 19.4. The Labute approximate surface area is 164 Å². The van der Waals surface area contributed by atoms with Gasteiger partial charge in [-0.3, -0.25) is 9.89 Å². The van der Waals surface area contributed by atoms with Crippen LogP contribution < -0.4 is 10.6 Å². The van der Waals surface area contributed by atoms with E-state index in [1.807, 2.05) is 6.92 Å². The summed E-state index contributed by atoms with van der Waals surface area (Å²) in [5.41, 5.74) is -0.355. The molecular formula is C20H27F3N4O. The number of hydrogen-bond acceptors (Lipinski definition) is 3. The maximum Gasteiger partial charge on any atom is 0.416 e. The van der Waals surface area contributed by atoms with E-state index in [4.69, 9.17) is 4.74 Å². The summed E-state index contributed by atoms with van der Waals surface area (Å²) >= 11 is 0. The number of nitrogens with one attached hydrogen (secondary N) is 2. The average Bonchev–Trinajstić information content (AvgIpc) is 2.69. The Morgan fingerprint density at radius 3 is 2.75 bits per heavy atom. The fraction of sp³-hybridized carbons (Fsp3) is 0.550. The van der Waals surface area contributed by atoms with Crippen LogP contribution in [-0.4, -0.2) is 63.3 Å². The number of hydrogen-bond donors (Lipinski definition) is 2. The number of alkyl halides is 3. The van der Waals surface area contributed by atoms with Gasteiger partial charge in [0.15, 0.2) is 5.96 Å². The molecule has 1 saturated heterocycles.